The minimum Gasteiger partial charge on any atom is -0.479 e. The topological polar surface area (TPSA) is 95.5 Å². The van der Waals surface area contributed by atoms with Crippen LogP contribution >= 0.6 is 0 Å². The molecule has 0 aliphatic rings. The molecule has 1 rings (SSSR count). The molecule has 0 heterocycles. The monoisotopic (exact) mass is 334 g/mol. The number of carboxylic acid groups (broad SMARTS) is 1. The Morgan fingerprint density at radius 2 is 1.79 bits per heavy atom. The van der Waals surface area contributed by atoms with Crippen LogP contribution in [0.25, 0.3) is 0 Å². The quantitative estimate of drug-likeness (QED) is 0.742. The maximum absolute atomic E-state index is 12.0. The molecule has 24 heavy (non-hydrogen) atoms. The Hall–Kier alpha value is -2.37. The molecule has 1 aromatic rings. The zero-order valence-corrected chi connectivity index (χ0v) is 14.9. The van der Waals surface area contributed by atoms with E-state index < -0.39 is 23.3 Å². The van der Waals surface area contributed by atoms with E-state index in [1.807, 2.05) is 19.9 Å². The lowest BCUT2D eigenvalue weighted by Gasteiger charge is -2.19. The standard InChI is InChI=1S/C18H26N2O4/c1-11-7-6-8-13(12(11)2)15(16(22)23)20-14(21)9-10-19-17(24)18(3,4)5/h6-8,15H,9-10H2,1-5H3,(H,19,24)(H,20,21)(H,22,23). The summed E-state index contributed by atoms with van der Waals surface area (Å²) >= 11 is 0. The summed E-state index contributed by atoms with van der Waals surface area (Å²) in [6.07, 6.45) is 0.0243. The van der Waals surface area contributed by atoms with E-state index in [0.29, 0.717) is 5.56 Å². The minimum atomic E-state index is -1.12. The number of carbonyl (C=O) groups excluding carboxylic acids is 2. The number of carbonyl (C=O) groups is 3. The molecule has 0 radical (unpaired) electrons. The fourth-order valence-corrected chi connectivity index (χ4v) is 2.15. The first-order chi connectivity index (χ1) is 11.0. The van der Waals surface area contributed by atoms with Crippen LogP contribution in [0.5, 0.6) is 0 Å². The van der Waals surface area contributed by atoms with E-state index in [9.17, 15) is 19.5 Å². The number of aryl methyl sites for hydroxylation is 1. The van der Waals surface area contributed by atoms with Gasteiger partial charge in [0.1, 0.15) is 0 Å². The Bertz CT molecular complexity index is 632. The van der Waals surface area contributed by atoms with Gasteiger partial charge in [0.05, 0.1) is 0 Å². The smallest absolute Gasteiger partial charge is 0.330 e. The van der Waals surface area contributed by atoms with Crippen molar-refractivity contribution in [2.24, 2.45) is 5.41 Å². The summed E-state index contributed by atoms with van der Waals surface area (Å²) in [7, 11) is 0. The summed E-state index contributed by atoms with van der Waals surface area (Å²) in [5.41, 5.74) is 1.84. The van der Waals surface area contributed by atoms with Crippen molar-refractivity contribution < 1.29 is 19.5 Å². The van der Waals surface area contributed by atoms with Crippen LogP contribution in [0.3, 0.4) is 0 Å². The van der Waals surface area contributed by atoms with Crippen molar-refractivity contribution in [3.63, 3.8) is 0 Å². The Labute approximate surface area is 142 Å². The second kappa shape index (κ2) is 7.95. The second-order valence-corrected chi connectivity index (χ2v) is 6.88. The van der Waals surface area contributed by atoms with Crippen LogP contribution in [0.1, 0.15) is 49.9 Å². The fraction of sp³-hybridized carbons (Fsp3) is 0.500. The molecule has 0 aliphatic carbocycles. The number of hydrogen-bond donors (Lipinski definition) is 3. The normalized spacial score (nSPS) is 12.4. The minimum absolute atomic E-state index is 0.0243. The van der Waals surface area contributed by atoms with Crippen molar-refractivity contribution in [1.29, 1.82) is 0 Å². The highest BCUT2D eigenvalue weighted by molar-refractivity contribution is 5.86. The molecule has 132 valence electrons. The third-order valence-corrected chi connectivity index (χ3v) is 3.83. The Morgan fingerprint density at radius 3 is 2.33 bits per heavy atom. The van der Waals surface area contributed by atoms with Gasteiger partial charge in [0.2, 0.25) is 11.8 Å². The first-order valence-corrected chi connectivity index (χ1v) is 7.90. The molecule has 0 spiro atoms. The van der Waals surface area contributed by atoms with Crippen LogP contribution in [0.2, 0.25) is 0 Å². The molecule has 0 saturated carbocycles. The van der Waals surface area contributed by atoms with Gasteiger partial charge < -0.3 is 15.7 Å². The first-order valence-electron chi connectivity index (χ1n) is 7.90. The Morgan fingerprint density at radius 1 is 1.17 bits per heavy atom. The van der Waals surface area contributed by atoms with Crippen molar-refractivity contribution in [3.05, 3.63) is 34.9 Å². The highest BCUT2D eigenvalue weighted by Gasteiger charge is 2.24. The molecule has 0 aliphatic heterocycles. The summed E-state index contributed by atoms with van der Waals surface area (Å²) in [5.74, 6) is -1.69. The predicted octanol–water partition coefficient (Wildman–Crippen LogP) is 2.10. The summed E-state index contributed by atoms with van der Waals surface area (Å²) < 4.78 is 0. The van der Waals surface area contributed by atoms with Gasteiger partial charge in [-0.25, -0.2) is 4.79 Å². The molecule has 3 N–H and O–H groups in total. The van der Waals surface area contributed by atoms with Gasteiger partial charge in [-0.15, -0.1) is 0 Å². The van der Waals surface area contributed by atoms with E-state index >= 15 is 0 Å². The maximum Gasteiger partial charge on any atom is 0.330 e. The Kier molecular flexibility index (Phi) is 6.51. The summed E-state index contributed by atoms with van der Waals surface area (Å²) in [5, 5.41) is 14.6. The van der Waals surface area contributed by atoms with E-state index in [0.717, 1.165) is 11.1 Å². The van der Waals surface area contributed by atoms with Crippen LogP contribution in [0, 0.1) is 19.3 Å². The van der Waals surface area contributed by atoms with E-state index in [2.05, 4.69) is 10.6 Å². The molecule has 0 aromatic heterocycles. The van der Waals surface area contributed by atoms with Gasteiger partial charge in [0.25, 0.3) is 0 Å². The summed E-state index contributed by atoms with van der Waals surface area (Å²) in [6.45, 7) is 9.23. The van der Waals surface area contributed by atoms with E-state index in [-0.39, 0.29) is 18.9 Å². The number of amides is 2. The first kappa shape index (κ1) is 19.7. The fourth-order valence-electron chi connectivity index (χ4n) is 2.15. The van der Waals surface area contributed by atoms with E-state index in [4.69, 9.17) is 0 Å². The van der Waals surface area contributed by atoms with Gasteiger partial charge in [0, 0.05) is 18.4 Å². The van der Waals surface area contributed by atoms with Crippen molar-refractivity contribution in [3.8, 4) is 0 Å². The van der Waals surface area contributed by atoms with Gasteiger partial charge in [-0.1, -0.05) is 39.0 Å². The van der Waals surface area contributed by atoms with Crippen molar-refractivity contribution in [2.75, 3.05) is 6.54 Å². The molecular weight excluding hydrogens is 308 g/mol. The molecule has 1 aromatic carbocycles. The SMILES string of the molecule is Cc1cccc(C(NC(=O)CCNC(=O)C(C)(C)C)C(=O)O)c1C. The molecule has 1 unspecified atom stereocenters. The van der Waals surface area contributed by atoms with Crippen LogP contribution in [-0.4, -0.2) is 29.4 Å². The van der Waals surface area contributed by atoms with Gasteiger partial charge in [-0.2, -0.15) is 0 Å². The molecule has 1 atom stereocenters. The number of carboxylic acids is 1. The average Bonchev–Trinajstić information content (AvgIpc) is 2.46. The van der Waals surface area contributed by atoms with Gasteiger partial charge >= 0.3 is 5.97 Å². The summed E-state index contributed by atoms with van der Waals surface area (Å²) in [6, 6.07) is 4.25. The third kappa shape index (κ3) is 5.37. The molecule has 0 fully saturated rings. The van der Waals surface area contributed by atoms with Crippen LogP contribution in [0.4, 0.5) is 0 Å². The van der Waals surface area contributed by atoms with Crippen molar-refractivity contribution >= 4 is 17.8 Å². The zero-order chi connectivity index (χ0) is 18.5. The van der Waals surface area contributed by atoms with Crippen LogP contribution in [0.15, 0.2) is 18.2 Å². The second-order valence-electron chi connectivity index (χ2n) is 6.88. The van der Waals surface area contributed by atoms with E-state index in [1.165, 1.54) is 0 Å². The lowest BCUT2D eigenvalue weighted by atomic mass is 9.96. The van der Waals surface area contributed by atoms with Gasteiger partial charge in [0.15, 0.2) is 6.04 Å². The molecule has 0 bridgehead atoms. The molecule has 0 saturated heterocycles. The number of aliphatic carboxylic acids is 1. The van der Waals surface area contributed by atoms with Gasteiger partial charge in [-0.3, -0.25) is 9.59 Å². The number of nitrogens with one attached hydrogen (secondary N) is 2. The average molecular weight is 334 g/mol. The van der Waals surface area contributed by atoms with Crippen LogP contribution < -0.4 is 10.6 Å². The largest absolute Gasteiger partial charge is 0.479 e. The Balaban J connectivity index is 2.70. The molecule has 2 amide bonds. The van der Waals surface area contributed by atoms with Crippen molar-refractivity contribution in [1.82, 2.24) is 10.6 Å². The number of rotatable bonds is 6. The lowest BCUT2D eigenvalue weighted by Crippen LogP contribution is -2.39. The number of benzene rings is 1. The summed E-state index contributed by atoms with van der Waals surface area (Å²) in [4.78, 5) is 35.3. The van der Waals surface area contributed by atoms with Gasteiger partial charge in [-0.05, 0) is 30.5 Å². The lowest BCUT2D eigenvalue weighted by molar-refractivity contribution is -0.142. The number of hydrogen-bond acceptors (Lipinski definition) is 3. The van der Waals surface area contributed by atoms with Crippen LogP contribution in [-0.2, 0) is 14.4 Å². The van der Waals surface area contributed by atoms with E-state index in [1.54, 1.807) is 32.9 Å². The molecular formula is C18H26N2O4. The maximum atomic E-state index is 12.0. The molecule has 6 nitrogen and oxygen atoms in total. The third-order valence-electron chi connectivity index (χ3n) is 3.83. The molecule has 6 heteroatoms. The highest BCUT2D eigenvalue weighted by Crippen LogP contribution is 2.21. The van der Waals surface area contributed by atoms with Crippen molar-refractivity contribution in [2.45, 2.75) is 47.1 Å². The highest BCUT2D eigenvalue weighted by atomic mass is 16.4. The zero-order valence-electron chi connectivity index (χ0n) is 14.9. The predicted molar refractivity (Wildman–Crippen MR) is 91.5 cm³/mol.